The molecule has 0 aromatic heterocycles. The third-order valence-corrected chi connectivity index (χ3v) is 4.48. The topological polar surface area (TPSA) is 52.6 Å². The second-order valence-corrected chi connectivity index (χ2v) is 5.86. The third-order valence-electron chi connectivity index (χ3n) is 4.48. The number of benzene rings is 1. The predicted molar refractivity (Wildman–Crippen MR) is 77.4 cm³/mol. The monoisotopic (exact) mass is 274 g/mol. The molecule has 1 amide bonds. The molecule has 2 aliphatic rings. The molecular formula is C16H22N2O2. The molecular weight excluding hydrogens is 252 g/mol. The second kappa shape index (κ2) is 5.94. The van der Waals surface area contributed by atoms with Gasteiger partial charge >= 0.3 is 0 Å². The van der Waals surface area contributed by atoms with Crippen LogP contribution in [0.3, 0.4) is 0 Å². The zero-order valence-electron chi connectivity index (χ0n) is 11.7. The fraction of sp³-hybridized carbons (Fsp3) is 0.562. The van der Waals surface area contributed by atoms with E-state index in [4.69, 9.17) is 0 Å². The van der Waals surface area contributed by atoms with Crippen LogP contribution >= 0.6 is 0 Å². The molecule has 4 heteroatoms. The number of likely N-dealkylation sites (tertiary alicyclic amines) is 1. The van der Waals surface area contributed by atoms with Crippen LogP contribution in [0.4, 0.5) is 0 Å². The number of carbonyl (C=O) groups is 1. The first kappa shape index (κ1) is 13.6. The lowest BCUT2D eigenvalue weighted by atomic mass is 9.89. The maximum absolute atomic E-state index is 12.3. The molecule has 1 aromatic carbocycles. The number of aliphatic hydroxyl groups is 1. The number of hydrogen-bond donors (Lipinski definition) is 2. The van der Waals surface area contributed by atoms with Crippen LogP contribution in [-0.2, 0) is 4.79 Å². The van der Waals surface area contributed by atoms with E-state index in [2.05, 4.69) is 29.6 Å². The van der Waals surface area contributed by atoms with Crippen LogP contribution < -0.4 is 5.32 Å². The number of piperidine rings is 1. The van der Waals surface area contributed by atoms with Crippen molar-refractivity contribution in [1.29, 1.82) is 0 Å². The Morgan fingerprint density at radius 2 is 1.90 bits per heavy atom. The lowest BCUT2D eigenvalue weighted by Crippen LogP contribution is -2.46. The number of rotatable bonds is 2. The van der Waals surface area contributed by atoms with E-state index in [1.807, 2.05) is 11.0 Å². The molecule has 1 aromatic rings. The highest BCUT2D eigenvalue weighted by molar-refractivity contribution is 5.82. The molecule has 2 N–H and O–H groups in total. The van der Waals surface area contributed by atoms with Gasteiger partial charge < -0.3 is 15.3 Å². The van der Waals surface area contributed by atoms with Gasteiger partial charge in [-0.15, -0.1) is 0 Å². The number of β-amino-alcohol motifs (C(OH)–C–C–N with tert-alkyl or cyclic N) is 1. The molecule has 0 radical (unpaired) electrons. The van der Waals surface area contributed by atoms with Crippen LogP contribution in [0, 0.1) is 0 Å². The van der Waals surface area contributed by atoms with Crippen LogP contribution in [-0.4, -0.2) is 47.7 Å². The van der Waals surface area contributed by atoms with E-state index in [9.17, 15) is 9.90 Å². The van der Waals surface area contributed by atoms with Crippen molar-refractivity contribution in [3.63, 3.8) is 0 Å². The highest BCUT2D eigenvalue weighted by Crippen LogP contribution is 2.28. The van der Waals surface area contributed by atoms with Gasteiger partial charge in [-0.05, 0) is 30.7 Å². The summed E-state index contributed by atoms with van der Waals surface area (Å²) < 4.78 is 0. The van der Waals surface area contributed by atoms with E-state index in [0.717, 1.165) is 25.9 Å². The van der Waals surface area contributed by atoms with Crippen LogP contribution in [0.2, 0.25) is 0 Å². The minimum absolute atomic E-state index is 0.160. The van der Waals surface area contributed by atoms with Gasteiger partial charge in [0.1, 0.15) is 0 Å². The van der Waals surface area contributed by atoms with E-state index in [1.54, 1.807) is 0 Å². The highest BCUT2D eigenvalue weighted by atomic mass is 16.3. The fourth-order valence-electron chi connectivity index (χ4n) is 3.28. The minimum atomic E-state index is -0.370. The van der Waals surface area contributed by atoms with Crippen LogP contribution in [0.5, 0.6) is 0 Å². The van der Waals surface area contributed by atoms with Gasteiger partial charge in [-0.2, -0.15) is 0 Å². The summed E-state index contributed by atoms with van der Waals surface area (Å²) in [5, 5.41) is 12.6. The third kappa shape index (κ3) is 2.86. The maximum atomic E-state index is 12.3. The van der Waals surface area contributed by atoms with Gasteiger partial charge in [0.25, 0.3) is 0 Å². The number of hydrogen-bond acceptors (Lipinski definition) is 3. The van der Waals surface area contributed by atoms with Gasteiger partial charge in [-0.1, -0.05) is 30.3 Å². The molecule has 0 saturated carbocycles. The van der Waals surface area contributed by atoms with Gasteiger partial charge in [0.05, 0.1) is 12.1 Å². The molecule has 2 atom stereocenters. The van der Waals surface area contributed by atoms with E-state index in [0.29, 0.717) is 18.9 Å². The lowest BCUT2D eigenvalue weighted by molar-refractivity contribution is -0.134. The normalized spacial score (nSPS) is 27.8. The Balaban J connectivity index is 1.55. The molecule has 108 valence electrons. The Kier molecular flexibility index (Phi) is 4.03. The van der Waals surface area contributed by atoms with Crippen molar-refractivity contribution in [1.82, 2.24) is 10.2 Å². The molecule has 0 spiro atoms. The molecule has 3 rings (SSSR count). The molecule has 2 saturated heterocycles. The van der Waals surface area contributed by atoms with E-state index in [1.165, 1.54) is 5.56 Å². The summed E-state index contributed by atoms with van der Waals surface area (Å²) in [7, 11) is 0. The van der Waals surface area contributed by atoms with Gasteiger partial charge in [0, 0.05) is 19.6 Å². The van der Waals surface area contributed by atoms with E-state index in [-0.39, 0.29) is 18.1 Å². The zero-order valence-corrected chi connectivity index (χ0v) is 11.7. The Morgan fingerprint density at radius 3 is 2.50 bits per heavy atom. The summed E-state index contributed by atoms with van der Waals surface area (Å²) >= 11 is 0. The van der Waals surface area contributed by atoms with E-state index < -0.39 is 0 Å². The van der Waals surface area contributed by atoms with Crippen molar-refractivity contribution in [2.24, 2.45) is 0 Å². The number of nitrogens with one attached hydrogen (secondary N) is 1. The maximum Gasteiger partial charge on any atom is 0.239 e. The highest BCUT2D eigenvalue weighted by Gasteiger charge is 2.33. The Bertz CT molecular complexity index is 455. The first-order chi connectivity index (χ1) is 9.74. The Hall–Kier alpha value is -1.39. The molecule has 4 nitrogen and oxygen atoms in total. The summed E-state index contributed by atoms with van der Waals surface area (Å²) in [6.45, 7) is 2.19. The van der Waals surface area contributed by atoms with Gasteiger partial charge in [-0.3, -0.25) is 4.79 Å². The van der Waals surface area contributed by atoms with Crippen molar-refractivity contribution in [3.05, 3.63) is 35.9 Å². The molecule has 0 bridgehead atoms. The van der Waals surface area contributed by atoms with Crippen molar-refractivity contribution in [2.75, 3.05) is 19.6 Å². The zero-order chi connectivity index (χ0) is 13.9. The van der Waals surface area contributed by atoms with Crippen LogP contribution in [0.1, 0.15) is 30.7 Å². The average Bonchev–Trinajstić information content (AvgIpc) is 2.94. The number of carbonyl (C=O) groups excluding carboxylic acids is 1. The molecule has 2 aliphatic heterocycles. The van der Waals surface area contributed by atoms with Gasteiger partial charge in [-0.25, -0.2) is 0 Å². The Morgan fingerprint density at radius 1 is 1.20 bits per heavy atom. The molecule has 2 unspecified atom stereocenters. The molecule has 0 aliphatic carbocycles. The molecule has 2 heterocycles. The minimum Gasteiger partial charge on any atom is -0.392 e. The largest absolute Gasteiger partial charge is 0.392 e. The SMILES string of the molecule is O=C(C1CC(O)CN1)N1CCC(c2ccccc2)CC1. The smallest absolute Gasteiger partial charge is 0.239 e. The first-order valence-electron chi connectivity index (χ1n) is 7.49. The predicted octanol–water partition coefficient (Wildman–Crippen LogP) is 1.12. The fourth-order valence-corrected chi connectivity index (χ4v) is 3.28. The summed E-state index contributed by atoms with van der Waals surface area (Å²) in [5.41, 5.74) is 1.38. The van der Waals surface area contributed by atoms with Gasteiger partial charge in [0.2, 0.25) is 5.91 Å². The Labute approximate surface area is 119 Å². The molecule has 2 fully saturated rings. The van der Waals surface area contributed by atoms with Crippen molar-refractivity contribution in [2.45, 2.75) is 37.3 Å². The first-order valence-corrected chi connectivity index (χ1v) is 7.49. The quantitative estimate of drug-likeness (QED) is 0.849. The van der Waals surface area contributed by atoms with Gasteiger partial charge in [0.15, 0.2) is 0 Å². The average molecular weight is 274 g/mol. The van der Waals surface area contributed by atoms with Crippen LogP contribution in [0.15, 0.2) is 30.3 Å². The lowest BCUT2D eigenvalue weighted by Gasteiger charge is -2.33. The number of nitrogens with zero attached hydrogens (tertiary/aromatic N) is 1. The van der Waals surface area contributed by atoms with E-state index >= 15 is 0 Å². The number of amides is 1. The summed E-state index contributed by atoms with van der Waals surface area (Å²) in [6, 6.07) is 10.4. The summed E-state index contributed by atoms with van der Waals surface area (Å²) in [4.78, 5) is 14.3. The van der Waals surface area contributed by atoms with Crippen LogP contribution in [0.25, 0.3) is 0 Å². The summed E-state index contributed by atoms with van der Waals surface area (Å²) in [5.74, 6) is 0.732. The molecule has 20 heavy (non-hydrogen) atoms. The van der Waals surface area contributed by atoms with Crippen molar-refractivity contribution in [3.8, 4) is 0 Å². The van der Waals surface area contributed by atoms with Crippen molar-refractivity contribution >= 4 is 5.91 Å². The number of aliphatic hydroxyl groups excluding tert-OH is 1. The standard InChI is InChI=1S/C16H22N2O2/c19-14-10-15(17-11-14)16(20)18-8-6-13(7-9-18)12-4-2-1-3-5-12/h1-5,13-15,17,19H,6-11H2. The summed E-state index contributed by atoms with van der Waals surface area (Å²) in [6.07, 6.45) is 2.25. The van der Waals surface area contributed by atoms with Crippen molar-refractivity contribution < 1.29 is 9.90 Å². The second-order valence-electron chi connectivity index (χ2n) is 5.86.